The zero-order valence-corrected chi connectivity index (χ0v) is 11.0. The molecule has 0 aliphatic carbocycles. The highest BCUT2D eigenvalue weighted by Crippen LogP contribution is 2.14. The fourth-order valence-electron chi connectivity index (χ4n) is 1.91. The minimum absolute atomic E-state index is 0.0738. The highest BCUT2D eigenvalue weighted by molar-refractivity contribution is 5.21. The smallest absolute Gasteiger partial charge is 0.203 e. The molecule has 2 aromatic rings. The van der Waals surface area contributed by atoms with E-state index in [1.807, 2.05) is 13.0 Å². The second-order valence-corrected chi connectivity index (χ2v) is 4.56. The third-order valence-corrected chi connectivity index (χ3v) is 2.97. The second kappa shape index (κ2) is 6.31. The van der Waals surface area contributed by atoms with E-state index in [2.05, 4.69) is 5.32 Å². The Bertz CT molecular complexity index is 611. The van der Waals surface area contributed by atoms with E-state index in [-0.39, 0.29) is 23.8 Å². The number of hydrogen-bond donors (Lipinski definition) is 1. The van der Waals surface area contributed by atoms with E-state index in [0.29, 0.717) is 12.3 Å². The molecule has 0 amide bonds. The van der Waals surface area contributed by atoms with E-state index in [4.69, 9.17) is 9.68 Å². The fourth-order valence-corrected chi connectivity index (χ4v) is 1.91. The molecule has 1 heterocycles. The highest BCUT2D eigenvalue weighted by Gasteiger charge is 2.12. The number of benzene rings is 1. The van der Waals surface area contributed by atoms with Gasteiger partial charge in [-0.25, -0.2) is 8.78 Å². The molecule has 1 N–H and O–H groups in total. The predicted octanol–water partition coefficient (Wildman–Crippen LogP) is 3.15. The molecular weight excluding hydrogens is 262 g/mol. The van der Waals surface area contributed by atoms with Crippen molar-refractivity contribution in [2.75, 3.05) is 0 Å². The van der Waals surface area contributed by atoms with Gasteiger partial charge in [0.05, 0.1) is 6.54 Å². The van der Waals surface area contributed by atoms with Crippen LogP contribution in [0.4, 0.5) is 8.78 Å². The summed E-state index contributed by atoms with van der Waals surface area (Å²) in [5.41, 5.74) is 0.0738. The summed E-state index contributed by atoms with van der Waals surface area (Å²) in [7, 11) is 0. The van der Waals surface area contributed by atoms with E-state index < -0.39 is 11.6 Å². The normalized spacial score (nSPS) is 12.1. The molecule has 1 atom stereocenters. The zero-order chi connectivity index (χ0) is 14.5. The van der Waals surface area contributed by atoms with Crippen molar-refractivity contribution < 1.29 is 13.2 Å². The summed E-state index contributed by atoms with van der Waals surface area (Å²) in [4.78, 5) is 0. The number of nitriles is 1. The summed E-state index contributed by atoms with van der Waals surface area (Å²) in [6, 6.07) is 8.89. The first-order valence-corrected chi connectivity index (χ1v) is 6.25. The molecule has 5 heteroatoms. The van der Waals surface area contributed by atoms with Crippen LogP contribution in [-0.2, 0) is 13.0 Å². The number of rotatable bonds is 5. The lowest BCUT2D eigenvalue weighted by atomic mass is 10.1. The molecule has 0 saturated heterocycles. The van der Waals surface area contributed by atoms with Crippen molar-refractivity contribution in [3.8, 4) is 6.07 Å². The van der Waals surface area contributed by atoms with Crippen LogP contribution >= 0.6 is 0 Å². The Hall–Kier alpha value is -2.19. The molecule has 1 unspecified atom stereocenters. The van der Waals surface area contributed by atoms with Crippen LogP contribution in [0.2, 0.25) is 0 Å². The van der Waals surface area contributed by atoms with Crippen LogP contribution in [-0.4, -0.2) is 6.04 Å². The summed E-state index contributed by atoms with van der Waals surface area (Å²) in [6.45, 7) is 2.24. The van der Waals surface area contributed by atoms with Crippen LogP contribution in [0, 0.1) is 23.0 Å². The molecule has 1 aromatic carbocycles. The van der Waals surface area contributed by atoms with Gasteiger partial charge in [0.25, 0.3) is 0 Å². The van der Waals surface area contributed by atoms with E-state index in [1.165, 1.54) is 18.2 Å². The van der Waals surface area contributed by atoms with Crippen molar-refractivity contribution in [1.82, 2.24) is 5.32 Å². The van der Waals surface area contributed by atoms with Crippen molar-refractivity contribution in [3.05, 3.63) is 59.1 Å². The Kier molecular flexibility index (Phi) is 4.49. The van der Waals surface area contributed by atoms with Gasteiger partial charge in [-0.2, -0.15) is 5.26 Å². The molecular formula is C15H14F2N2O. The molecule has 0 bridgehead atoms. The summed E-state index contributed by atoms with van der Waals surface area (Å²) in [5, 5.41) is 11.7. The zero-order valence-electron chi connectivity index (χ0n) is 11.0. The van der Waals surface area contributed by atoms with Crippen LogP contribution in [0.5, 0.6) is 0 Å². The van der Waals surface area contributed by atoms with E-state index in [1.54, 1.807) is 12.1 Å². The van der Waals surface area contributed by atoms with Gasteiger partial charge in [0.2, 0.25) is 5.76 Å². The van der Waals surface area contributed by atoms with Gasteiger partial charge in [-0.3, -0.25) is 0 Å². The Labute approximate surface area is 115 Å². The third kappa shape index (κ3) is 3.43. The van der Waals surface area contributed by atoms with Gasteiger partial charge in [0.15, 0.2) is 0 Å². The largest absolute Gasteiger partial charge is 0.449 e. The van der Waals surface area contributed by atoms with Gasteiger partial charge >= 0.3 is 0 Å². The molecule has 1 aromatic heterocycles. The van der Waals surface area contributed by atoms with Crippen LogP contribution in [0.1, 0.15) is 24.0 Å². The lowest BCUT2D eigenvalue weighted by Crippen LogP contribution is -2.28. The monoisotopic (exact) mass is 276 g/mol. The first-order valence-electron chi connectivity index (χ1n) is 6.25. The predicted molar refractivity (Wildman–Crippen MR) is 69.8 cm³/mol. The van der Waals surface area contributed by atoms with E-state index in [0.717, 1.165) is 0 Å². The lowest BCUT2D eigenvalue weighted by Gasteiger charge is -2.14. The lowest BCUT2D eigenvalue weighted by molar-refractivity contribution is 0.440. The van der Waals surface area contributed by atoms with E-state index in [9.17, 15) is 8.78 Å². The average molecular weight is 276 g/mol. The Morgan fingerprint density at radius 1 is 1.25 bits per heavy atom. The van der Waals surface area contributed by atoms with Crippen molar-refractivity contribution >= 4 is 0 Å². The van der Waals surface area contributed by atoms with Gasteiger partial charge in [-0.15, -0.1) is 0 Å². The molecule has 2 rings (SSSR count). The first-order chi connectivity index (χ1) is 9.60. The summed E-state index contributed by atoms with van der Waals surface area (Å²) in [6.07, 6.45) is 0.240. The van der Waals surface area contributed by atoms with E-state index >= 15 is 0 Å². The fraction of sp³-hybridized carbons (Fsp3) is 0.267. The number of nitrogens with zero attached hydrogens (tertiary/aromatic N) is 1. The Morgan fingerprint density at radius 2 is 1.95 bits per heavy atom. The topological polar surface area (TPSA) is 49.0 Å². The quantitative estimate of drug-likeness (QED) is 0.912. The molecule has 0 fully saturated rings. The number of furan rings is 1. The number of halogens is 2. The van der Waals surface area contributed by atoms with Crippen LogP contribution in [0.15, 0.2) is 34.7 Å². The van der Waals surface area contributed by atoms with Gasteiger partial charge in [-0.05, 0) is 37.6 Å². The van der Waals surface area contributed by atoms with Gasteiger partial charge in [0, 0.05) is 11.6 Å². The maximum Gasteiger partial charge on any atom is 0.203 e. The average Bonchev–Trinajstić information content (AvgIpc) is 2.89. The van der Waals surface area contributed by atoms with Crippen molar-refractivity contribution in [2.24, 2.45) is 0 Å². The third-order valence-electron chi connectivity index (χ3n) is 2.97. The first kappa shape index (κ1) is 14.2. The number of nitrogens with one attached hydrogen (secondary N) is 1. The molecule has 0 aliphatic rings. The molecule has 3 nitrogen and oxygen atoms in total. The van der Waals surface area contributed by atoms with Crippen molar-refractivity contribution in [2.45, 2.75) is 25.9 Å². The summed E-state index contributed by atoms with van der Waals surface area (Å²) < 4.78 is 32.2. The van der Waals surface area contributed by atoms with Gasteiger partial charge in [0.1, 0.15) is 23.5 Å². The second-order valence-electron chi connectivity index (χ2n) is 4.56. The van der Waals surface area contributed by atoms with Crippen molar-refractivity contribution in [1.29, 1.82) is 5.26 Å². The van der Waals surface area contributed by atoms with Gasteiger partial charge in [-0.1, -0.05) is 6.07 Å². The molecule has 20 heavy (non-hydrogen) atoms. The molecule has 0 spiro atoms. The van der Waals surface area contributed by atoms with Crippen LogP contribution < -0.4 is 5.32 Å². The molecule has 0 aliphatic heterocycles. The SMILES string of the molecule is CC(Cc1c(F)cccc1F)NCc1ccc(C#N)o1. The summed E-state index contributed by atoms with van der Waals surface area (Å²) in [5.74, 6) is -0.219. The van der Waals surface area contributed by atoms with Gasteiger partial charge < -0.3 is 9.73 Å². The standard InChI is InChI=1S/C15H14F2N2O/c1-10(7-13-14(16)3-2-4-15(13)17)19-9-12-6-5-11(8-18)20-12/h2-6,10,19H,7,9H2,1H3. The van der Waals surface area contributed by atoms with Crippen molar-refractivity contribution in [3.63, 3.8) is 0 Å². The Morgan fingerprint density at radius 3 is 2.55 bits per heavy atom. The Balaban J connectivity index is 1.93. The minimum Gasteiger partial charge on any atom is -0.449 e. The number of hydrogen-bond acceptors (Lipinski definition) is 3. The summed E-state index contributed by atoms with van der Waals surface area (Å²) >= 11 is 0. The van der Waals surface area contributed by atoms with Crippen LogP contribution in [0.25, 0.3) is 0 Å². The maximum atomic E-state index is 13.5. The minimum atomic E-state index is -0.539. The highest BCUT2D eigenvalue weighted by atomic mass is 19.1. The maximum absolute atomic E-state index is 13.5. The van der Waals surface area contributed by atoms with Crippen LogP contribution in [0.3, 0.4) is 0 Å². The molecule has 0 radical (unpaired) electrons. The molecule has 104 valence electrons. The molecule has 0 saturated carbocycles.